The van der Waals surface area contributed by atoms with Crippen LogP contribution in [0.2, 0.25) is 0 Å². The highest BCUT2D eigenvalue weighted by Gasteiger charge is 2.13. The van der Waals surface area contributed by atoms with Gasteiger partial charge in [0.15, 0.2) is 0 Å². The molecule has 2 aromatic rings. The van der Waals surface area contributed by atoms with Crippen LogP contribution < -0.4 is 0 Å². The molecule has 0 spiro atoms. The number of aryl methyl sites for hydroxylation is 1. The number of nitrogens with zero attached hydrogens (tertiary/aromatic N) is 1. The molecule has 0 saturated heterocycles. The maximum Gasteiger partial charge on any atom is 0.223 e. The van der Waals surface area contributed by atoms with Crippen molar-refractivity contribution in [2.45, 2.75) is 32.7 Å². The fourth-order valence-electron chi connectivity index (χ4n) is 2.49. The van der Waals surface area contributed by atoms with Crippen molar-refractivity contribution < 1.29 is 9.90 Å². The van der Waals surface area contributed by atoms with Gasteiger partial charge in [-0.1, -0.05) is 55.5 Å². The smallest absolute Gasteiger partial charge is 0.223 e. The number of hydrogen-bond donors (Lipinski definition) is 1. The molecule has 2 rings (SSSR count). The van der Waals surface area contributed by atoms with Gasteiger partial charge in [0, 0.05) is 19.5 Å². The SMILES string of the molecule is CCCN(Cc1ccccc1)C(=O)CCc1ccccc1O. The maximum atomic E-state index is 12.5. The van der Waals surface area contributed by atoms with Crippen molar-refractivity contribution in [1.82, 2.24) is 4.90 Å². The lowest BCUT2D eigenvalue weighted by Gasteiger charge is -2.22. The van der Waals surface area contributed by atoms with Gasteiger partial charge in [0.2, 0.25) is 5.91 Å². The van der Waals surface area contributed by atoms with Crippen molar-refractivity contribution in [2.24, 2.45) is 0 Å². The number of para-hydroxylation sites is 1. The number of hydrogen-bond acceptors (Lipinski definition) is 2. The predicted molar refractivity (Wildman–Crippen MR) is 88.6 cm³/mol. The van der Waals surface area contributed by atoms with Crippen LogP contribution in [0.3, 0.4) is 0 Å². The normalized spacial score (nSPS) is 10.4. The quantitative estimate of drug-likeness (QED) is 0.845. The van der Waals surface area contributed by atoms with E-state index in [0.717, 1.165) is 24.1 Å². The summed E-state index contributed by atoms with van der Waals surface area (Å²) in [6, 6.07) is 17.2. The van der Waals surface area contributed by atoms with Gasteiger partial charge in [-0.15, -0.1) is 0 Å². The molecule has 0 unspecified atom stereocenters. The number of benzene rings is 2. The van der Waals surface area contributed by atoms with Crippen molar-refractivity contribution in [1.29, 1.82) is 0 Å². The first kappa shape index (κ1) is 16.1. The van der Waals surface area contributed by atoms with E-state index in [1.807, 2.05) is 47.4 Å². The third-order valence-corrected chi connectivity index (χ3v) is 3.66. The van der Waals surface area contributed by atoms with E-state index in [1.54, 1.807) is 12.1 Å². The minimum absolute atomic E-state index is 0.133. The molecule has 0 aliphatic heterocycles. The molecule has 0 aliphatic rings. The number of aromatic hydroxyl groups is 1. The Morgan fingerprint density at radius 2 is 1.73 bits per heavy atom. The molecule has 0 atom stereocenters. The predicted octanol–water partition coefficient (Wildman–Crippen LogP) is 3.76. The van der Waals surface area contributed by atoms with Crippen molar-refractivity contribution >= 4 is 5.91 Å². The molecule has 0 aliphatic carbocycles. The Hall–Kier alpha value is -2.29. The molecule has 0 aromatic heterocycles. The molecule has 22 heavy (non-hydrogen) atoms. The average Bonchev–Trinajstić information content (AvgIpc) is 2.54. The lowest BCUT2D eigenvalue weighted by molar-refractivity contribution is -0.131. The van der Waals surface area contributed by atoms with E-state index < -0.39 is 0 Å². The first-order valence-corrected chi connectivity index (χ1v) is 7.79. The number of carbonyl (C=O) groups is 1. The van der Waals surface area contributed by atoms with E-state index in [2.05, 4.69) is 6.92 Å². The van der Waals surface area contributed by atoms with Gasteiger partial charge in [-0.2, -0.15) is 0 Å². The van der Waals surface area contributed by atoms with E-state index in [-0.39, 0.29) is 11.7 Å². The molecule has 2 aromatic carbocycles. The first-order valence-electron chi connectivity index (χ1n) is 7.79. The van der Waals surface area contributed by atoms with Gasteiger partial charge in [-0.3, -0.25) is 4.79 Å². The second-order valence-corrected chi connectivity index (χ2v) is 5.43. The zero-order chi connectivity index (χ0) is 15.8. The van der Waals surface area contributed by atoms with Gasteiger partial charge >= 0.3 is 0 Å². The third-order valence-electron chi connectivity index (χ3n) is 3.66. The second-order valence-electron chi connectivity index (χ2n) is 5.43. The summed E-state index contributed by atoms with van der Waals surface area (Å²) in [5.74, 6) is 0.398. The highest BCUT2D eigenvalue weighted by molar-refractivity contribution is 5.76. The standard InChI is InChI=1S/C19H23NO2/c1-2-14-20(15-16-8-4-3-5-9-16)19(22)13-12-17-10-6-7-11-18(17)21/h3-11,21H,2,12-15H2,1H3. The second kappa shape index (κ2) is 8.23. The third kappa shape index (κ3) is 4.62. The molecule has 3 nitrogen and oxygen atoms in total. The first-order chi connectivity index (χ1) is 10.7. The Morgan fingerprint density at radius 3 is 2.41 bits per heavy atom. The Balaban J connectivity index is 1.96. The largest absolute Gasteiger partial charge is 0.508 e. The van der Waals surface area contributed by atoms with Crippen LogP contribution in [0.4, 0.5) is 0 Å². The van der Waals surface area contributed by atoms with Crippen LogP contribution in [0.25, 0.3) is 0 Å². The van der Waals surface area contributed by atoms with Gasteiger partial charge < -0.3 is 10.0 Å². The lowest BCUT2D eigenvalue weighted by Crippen LogP contribution is -2.31. The van der Waals surface area contributed by atoms with E-state index in [4.69, 9.17) is 0 Å². The summed E-state index contributed by atoms with van der Waals surface area (Å²) in [7, 11) is 0. The van der Waals surface area contributed by atoms with Gasteiger partial charge in [-0.05, 0) is 30.0 Å². The van der Waals surface area contributed by atoms with Gasteiger partial charge in [0.1, 0.15) is 5.75 Å². The zero-order valence-electron chi connectivity index (χ0n) is 13.0. The molecule has 0 saturated carbocycles. The highest BCUT2D eigenvalue weighted by Crippen LogP contribution is 2.18. The monoisotopic (exact) mass is 297 g/mol. The molecule has 0 heterocycles. The summed E-state index contributed by atoms with van der Waals surface area (Å²) in [6.45, 7) is 3.48. The fraction of sp³-hybridized carbons (Fsp3) is 0.316. The van der Waals surface area contributed by atoms with Crippen LogP contribution in [0, 0.1) is 0 Å². The van der Waals surface area contributed by atoms with Crippen molar-refractivity contribution in [3.05, 3.63) is 65.7 Å². The lowest BCUT2D eigenvalue weighted by atomic mass is 10.1. The van der Waals surface area contributed by atoms with Crippen LogP contribution in [-0.2, 0) is 17.8 Å². The van der Waals surface area contributed by atoms with E-state index in [0.29, 0.717) is 19.4 Å². The zero-order valence-corrected chi connectivity index (χ0v) is 13.0. The highest BCUT2D eigenvalue weighted by atomic mass is 16.3. The van der Waals surface area contributed by atoms with Crippen molar-refractivity contribution in [3.63, 3.8) is 0 Å². The summed E-state index contributed by atoms with van der Waals surface area (Å²) in [5, 5.41) is 9.78. The summed E-state index contributed by atoms with van der Waals surface area (Å²) < 4.78 is 0. The Bertz CT molecular complexity index is 595. The Morgan fingerprint density at radius 1 is 1.05 bits per heavy atom. The minimum Gasteiger partial charge on any atom is -0.508 e. The molecular formula is C19H23NO2. The van der Waals surface area contributed by atoms with Crippen LogP contribution in [0.5, 0.6) is 5.75 Å². The molecular weight excluding hydrogens is 274 g/mol. The van der Waals surface area contributed by atoms with Gasteiger partial charge in [0.25, 0.3) is 0 Å². The summed E-state index contributed by atoms with van der Waals surface area (Å²) in [6.07, 6.45) is 1.93. The number of phenols is 1. The fourth-order valence-corrected chi connectivity index (χ4v) is 2.49. The number of carbonyl (C=O) groups excluding carboxylic acids is 1. The molecule has 0 bridgehead atoms. The molecule has 1 N–H and O–H groups in total. The summed E-state index contributed by atoms with van der Waals surface area (Å²) in [4.78, 5) is 14.4. The Kier molecular flexibility index (Phi) is 6.01. The molecule has 0 fully saturated rings. The van der Waals surface area contributed by atoms with E-state index in [9.17, 15) is 9.90 Å². The average molecular weight is 297 g/mol. The number of rotatable bonds is 7. The van der Waals surface area contributed by atoms with Crippen molar-refractivity contribution in [3.8, 4) is 5.75 Å². The number of phenolic OH excluding ortho intramolecular Hbond substituents is 1. The minimum atomic E-state index is 0.133. The van der Waals surface area contributed by atoms with Gasteiger partial charge in [-0.25, -0.2) is 0 Å². The van der Waals surface area contributed by atoms with Crippen LogP contribution in [0.1, 0.15) is 30.9 Å². The van der Waals surface area contributed by atoms with E-state index >= 15 is 0 Å². The van der Waals surface area contributed by atoms with Gasteiger partial charge in [0.05, 0.1) is 0 Å². The topological polar surface area (TPSA) is 40.5 Å². The van der Waals surface area contributed by atoms with Crippen LogP contribution in [-0.4, -0.2) is 22.5 Å². The molecule has 116 valence electrons. The summed E-state index contributed by atoms with van der Waals surface area (Å²) >= 11 is 0. The molecule has 0 radical (unpaired) electrons. The molecule has 3 heteroatoms. The Labute approximate surface area is 132 Å². The summed E-state index contributed by atoms with van der Waals surface area (Å²) in [5.41, 5.74) is 1.97. The van der Waals surface area contributed by atoms with Crippen LogP contribution in [0.15, 0.2) is 54.6 Å². The maximum absolute atomic E-state index is 12.5. The number of amides is 1. The van der Waals surface area contributed by atoms with Crippen molar-refractivity contribution in [2.75, 3.05) is 6.54 Å². The van der Waals surface area contributed by atoms with Crippen LogP contribution >= 0.6 is 0 Å². The molecule has 1 amide bonds. The van der Waals surface area contributed by atoms with E-state index in [1.165, 1.54) is 0 Å².